The summed E-state index contributed by atoms with van der Waals surface area (Å²) in [4.78, 5) is 27.0. The number of hydrogen-bond donors (Lipinski definition) is 2. The molecule has 2 N–H and O–H groups in total. The van der Waals surface area contributed by atoms with Crippen LogP contribution in [-0.2, 0) is 11.3 Å². The number of nitrogens with one attached hydrogen (secondary N) is 1. The van der Waals surface area contributed by atoms with Crippen LogP contribution in [0.1, 0.15) is 57.7 Å². The van der Waals surface area contributed by atoms with Gasteiger partial charge in [-0.15, -0.1) is 0 Å². The Morgan fingerprint density at radius 3 is 2.47 bits per heavy atom. The number of amides is 1. The number of nitrogens with zero attached hydrogens (tertiary/aromatic N) is 4. The van der Waals surface area contributed by atoms with Crippen LogP contribution in [0, 0.1) is 19.8 Å². The number of halogens is 1. The molecule has 2 atom stereocenters. The topological polar surface area (TPSA) is 90.8 Å². The van der Waals surface area contributed by atoms with E-state index in [9.17, 15) is 9.90 Å². The second-order valence-corrected chi connectivity index (χ2v) is 14.0. The number of β-amino-alcohol motifs (C(OH)–C–C–N with tert-alkyl or cyclic N) is 1. The van der Waals surface area contributed by atoms with Crippen molar-refractivity contribution in [2.75, 3.05) is 24.4 Å². The summed E-state index contributed by atoms with van der Waals surface area (Å²) >= 11 is 7.82. The van der Waals surface area contributed by atoms with E-state index < -0.39 is 11.7 Å². The first kappa shape index (κ1) is 33.1. The van der Waals surface area contributed by atoms with Crippen molar-refractivity contribution in [1.29, 1.82) is 0 Å². The highest BCUT2D eigenvalue weighted by atomic mass is 35.5. The third-order valence-electron chi connectivity index (χ3n) is 7.20. The van der Waals surface area contributed by atoms with Gasteiger partial charge in [0.25, 0.3) is 0 Å². The lowest BCUT2D eigenvalue weighted by Gasteiger charge is -2.33. The van der Waals surface area contributed by atoms with Gasteiger partial charge in [0, 0.05) is 42.2 Å². The molecule has 3 aromatic rings. The van der Waals surface area contributed by atoms with Gasteiger partial charge in [-0.2, -0.15) is 0 Å². The molecule has 0 aliphatic carbocycles. The van der Waals surface area contributed by atoms with Gasteiger partial charge in [-0.25, -0.2) is 14.8 Å². The van der Waals surface area contributed by atoms with Crippen LogP contribution in [0.3, 0.4) is 0 Å². The molecule has 0 bridgehead atoms. The Morgan fingerprint density at radius 1 is 1.09 bits per heavy atom. The number of hydrogen-bond acceptors (Lipinski definition) is 8. The van der Waals surface area contributed by atoms with Gasteiger partial charge in [-0.05, 0) is 87.7 Å². The van der Waals surface area contributed by atoms with E-state index in [2.05, 4.69) is 66.6 Å². The summed E-state index contributed by atoms with van der Waals surface area (Å²) in [6, 6.07) is 16.3. The molecule has 0 spiro atoms. The van der Waals surface area contributed by atoms with Crippen LogP contribution in [0.15, 0.2) is 53.4 Å². The zero-order valence-corrected chi connectivity index (χ0v) is 27.8. The summed E-state index contributed by atoms with van der Waals surface area (Å²) in [5, 5.41) is 11.3. The maximum atomic E-state index is 12.9. The Morgan fingerprint density at radius 2 is 1.79 bits per heavy atom. The van der Waals surface area contributed by atoms with Gasteiger partial charge in [0.1, 0.15) is 10.8 Å². The minimum Gasteiger partial charge on any atom is -0.444 e. The third kappa shape index (κ3) is 9.57. The van der Waals surface area contributed by atoms with E-state index in [0.717, 1.165) is 39.3 Å². The molecule has 2 heterocycles. The number of aryl methyl sites for hydroxylation is 2. The molecule has 4 rings (SSSR count). The molecule has 10 heteroatoms. The van der Waals surface area contributed by atoms with Gasteiger partial charge in [0.2, 0.25) is 5.95 Å². The Labute approximate surface area is 265 Å². The van der Waals surface area contributed by atoms with E-state index in [1.54, 1.807) is 11.0 Å². The van der Waals surface area contributed by atoms with Crippen molar-refractivity contribution >= 4 is 35.6 Å². The molecule has 1 saturated heterocycles. The Hall–Kier alpha value is -2.85. The summed E-state index contributed by atoms with van der Waals surface area (Å²) in [5.74, 6) is 0.871. The van der Waals surface area contributed by atoms with Crippen molar-refractivity contribution in [3.63, 3.8) is 0 Å². The Kier molecular flexibility index (Phi) is 11.0. The van der Waals surface area contributed by atoms with Crippen LogP contribution >= 0.6 is 23.5 Å². The lowest BCUT2D eigenvalue weighted by atomic mass is 10.00. The zero-order valence-electron chi connectivity index (χ0n) is 26.2. The van der Waals surface area contributed by atoms with E-state index in [0.29, 0.717) is 36.7 Å². The first-order valence-electron chi connectivity index (χ1n) is 14.8. The summed E-state index contributed by atoms with van der Waals surface area (Å²) in [5.41, 5.74) is 4.62. The first-order valence-corrected chi connectivity index (χ1v) is 16.0. The second kappa shape index (κ2) is 14.3. The fourth-order valence-corrected chi connectivity index (χ4v) is 6.31. The number of rotatable bonds is 8. The molecule has 1 amide bonds. The monoisotopic (exact) mass is 625 g/mol. The van der Waals surface area contributed by atoms with Crippen molar-refractivity contribution in [2.24, 2.45) is 5.92 Å². The summed E-state index contributed by atoms with van der Waals surface area (Å²) in [6.07, 6.45) is -0.151. The van der Waals surface area contributed by atoms with Gasteiger partial charge in [0.15, 0.2) is 0 Å². The molecule has 1 aliphatic heterocycles. The molecule has 232 valence electrons. The van der Waals surface area contributed by atoms with E-state index in [1.165, 1.54) is 11.9 Å². The van der Waals surface area contributed by atoms with Crippen LogP contribution in [-0.4, -0.2) is 68.3 Å². The number of aromatic nitrogens is 2. The van der Waals surface area contributed by atoms with Crippen molar-refractivity contribution < 1.29 is 14.6 Å². The van der Waals surface area contributed by atoms with E-state index in [4.69, 9.17) is 21.3 Å². The van der Waals surface area contributed by atoms with Crippen LogP contribution in [0.5, 0.6) is 0 Å². The number of carbonyl (C=O) groups excluding carboxylic acids is 1. The lowest BCUT2D eigenvalue weighted by molar-refractivity contribution is 0.0171. The Bertz CT molecular complexity index is 1390. The lowest BCUT2D eigenvalue weighted by Crippen LogP contribution is -2.44. The van der Waals surface area contributed by atoms with Gasteiger partial charge in [-0.1, -0.05) is 55.8 Å². The molecule has 0 radical (unpaired) electrons. The smallest absolute Gasteiger partial charge is 0.410 e. The maximum absolute atomic E-state index is 12.9. The minimum absolute atomic E-state index is 0.0854. The van der Waals surface area contributed by atoms with E-state index in [-0.39, 0.29) is 18.7 Å². The van der Waals surface area contributed by atoms with E-state index in [1.807, 2.05) is 39.0 Å². The minimum atomic E-state index is -0.671. The quantitative estimate of drug-likeness (QED) is 0.198. The molecule has 0 saturated carbocycles. The molecule has 1 aromatic heterocycles. The van der Waals surface area contributed by atoms with Crippen molar-refractivity contribution in [3.05, 3.63) is 70.4 Å². The molecule has 1 fully saturated rings. The number of aliphatic hydroxyl groups is 1. The third-order valence-corrected chi connectivity index (χ3v) is 8.16. The van der Waals surface area contributed by atoms with Crippen LogP contribution < -0.4 is 4.72 Å². The van der Waals surface area contributed by atoms with Gasteiger partial charge < -0.3 is 14.7 Å². The number of anilines is 1. The number of aliphatic hydroxyl groups excluding tert-OH is 1. The SMILES string of the molecule is Cc1cccc(C)c1-c1cc(Cl)nc(NSc2cccc(CN3CC(O)CN(C(=O)OC(C)(C)C)CC3CC(C)C)c2)n1. The van der Waals surface area contributed by atoms with Crippen molar-refractivity contribution in [1.82, 2.24) is 19.8 Å². The van der Waals surface area contributed by atoms with Crippen LogP contribution in [0.2, 0.25) is 5.15 Å². The fourth-order valence-electron chi connectivity index (χ4n) is 5.47. The molecular weight excluding hydrogens is 582 g/mol. The van der Waals surface area contributed by atoms with Crippen LogP contribution in [0.4, 0.5) is 10.7 Å². The highest BCUT2D eigenvalue weighted by Crippen LogP contribution is 2.30. The normalized spacial score (nSPS) is 18.0. The van der Waals surface area contributed by atoms with Crippen molar-refractivity contribution in [3.8, 4) is 11.3 Å². The summed E-state index contributed by atoms with van der Waals surface area (Å²) in [6.45, 7) is 16.0. The maximum Gasteiger partial charge on any atom is 0.410 e. The Balaban J connectivity index is 1.48. The van der Waals surface area contributed by atoms with Crippen molar-refractivity contribution in [2.45, 2.75) is 84.1 Å². The average molecular weight is 626 g/mol. The number of carbonyl (C=O) groups is 1. The largest absolute Gasteiger partial charge is 0.444 e. The molecule has 8 nitrogen and oxygen atoms in total. The van der Waals surface area contributed by atoms with Gasteiger partial charge in [-0.3, -0.25) is 9.62 Å². The zero-order chi connectivity index (χ0) is 31.3. The van der Waals surface area contributed by atoms with Gasteiger partial charge >= 0.3 is 6.09 Å². The summed E-state index contributed by atoms with van der Waals surface area (Å²) in [7, 11) is 0. The van der Waals surface area contributed by atoms with Gasteiger partial charge in [0.05, 0.1) is 18.3 Å². The fraction of sp³-hybridized carbons (Fsp3) is 0.485. The predicted octanol–water partition coefficient (Wildman–Crippen LogP) is 7.36. The molecule has 2 aromatic carbocycles. The molecular formula is C33H44ClN5O3S. The standard InChI is InChI=1S/C33H44ClN5O3S/c1-21(2)14-25-18-39(32(41)42-33(5,6)7)20-26(40)19-38(25)17-24-12-9-13-27(15-24)43-37-31-35-28(16-29(34)36-31)30-22(3)10-8-11-23(30)4/h8-13,15-16,21,25-26,40H,14,17-20H2,1-7H3,(H,35,36,37). The molecule has 1 aliphatic rings. The highest BCUT2D eigenvalue weighted by Gasteiger charge is 2.33. The predicted molar refractivity (Wildman–Crippen MR) is 175 cm³/mol. The van der Waals surface area contributed by atoms with E-state index >= 15 is 0 Å². The average Bonchev–Trinajstić information content (AvgIpc) is 3.04. The molecule has 2 unspecified atom stereocenters. The second-order valence-electron chi connectivity index (χ2n) is 12.8. The molecule has 43 heavy (non-hydrogen) atoms. The van der Waals surface area contributed by atoms with Crippen LogP contribution in [0.25, 0.3) is 11.3 Å². The summed E-state index contributed by atoms with van der Waals surface area (Å²) < 4.78 is 8.92. The first-order chi connectivity index (χ1) is 20.3. The number of ether oxygens (including phenoxy) is 1. The highest BCUT2D eigenvalue weighted by molar-refractivity contribution is 8.00. The number of benzene rings is 2.